The quantitative estimate of drug-likeness (QED) is 0.185. The molecule has 3 aromatic carbocycles. The standard InChI is InChI=1S/C28H24ClN5O3S/c29-22-10-4-1-7-19(22)16-31-26(36)17-38-28-32-24-12-6-3-9-21(24)27(37)34(28)33-25(35)14-13-18-15-30-23-11-5-2-8-20(18)23/h1-12,15,30H,13-14,16-17H2,(H,31,36)(H,33,35). The minimum Gasteiger partial charge on any atom is -0.361 e. The smallest absolute Gasteiger partial charge is 0.281 e. The molecule has 38 heavy (non-hydrogen) atoms. The van der Waals surface area contributed by atoms with Gasteiger partial charge in [0.1, 0.15) is 0 Å². The van der Waals surface area contributed by atoms with Crippen LogP contribution in [0.15, 0.2) is 88.9 Å². The molecule has 2 aromatic heterocycles. The summed E-state index contributed by atoms with van der Waals surface area (Å²) >= 11 is 7.23. The number of hydrogen-bond donors (Lipinski definition) is 3. The van der Waals surface area contributed by atoms with Gasteiger partial charge in [0, 0.05) is 35.1 Å². The Labute approximate surface area is 227 Å². The summed E-state index contributed by atoms with van der Waals surface area (Å²) in [7, 11) is 0. The van der Waals surface area contributed by atoms with E-state index in [0.717, 1.165) is 38.5 Å². The van der Waals surface area contributed by atoms with E-state index in [1.54, 1.807) is 30.3 Å². The fourth-order valence-electron chi connectivity index (χ4n) is 4.09. The zero-order valence-corrected chi connectivity index (χ0v) is 21.8. The molecule has 192 valence electrons. The summed E-state index contributed by atoms with van der Waals surface area (Å²) in [4.78, 5) is 46.5. The lowest BCUT2D eigenvalue weighted by molar-refractivity contribution is -0.119. The summed E-state index contributed by atoms with van der Waals surface area (Å²) in [5.74, 6) is -0.588. The average molecular weight is 546 g/mol. The number of benzene rings is 3. The number of para-hydroxylation sites is 2. The van der Waals surface area contributed by atoms with Crippen molar-refractivity contribution in [1.29, 1.82) is 0 Å². The molecule has 0 aliphatic carbocycles. The number of carbonyl (C=O) groups excluding carboxylic acids is 2. The highest BCUT2D eigenvalue weighted by Crippen LogP contribution is 2.20. The topological polar surface area (TPSA) is 109 Å². The first kappa shape index (κ1) is 25.6. The van der Waals surface area contributed by atoms with Crippen LogP contribution < -0.4 is 16.3 Å². The molecule has 0 fully saturated rings. The molecule has 2 amide bonds. The van der Waals surface area contributed by atoms with Gasteiger partial charge >= 0.3 is 0 Å². The maximum Gasteiger partial charge on any atom is 0.281 e. The Morgan fingerprint density at radius 3 is 2.50 bits per heavy atom. The lowest BCUT2D eigenvalue weighted by Gasteiger charge is -2.14. The number of nitrogens with zero attached hydrogens (tertiary/aromatic N) is 2. The molecule has 3 N–H and O–H groups in total. The van der Waals surface area contributed by atoms with Crippen LogP contribution in [0.5, 0.6) is 0 Å². The minimum absolute atomic E-state index is 0.000439. The van der Waals surface area contributed by atoms with Gasteiger partial charge in [0.15, 0.2) is 5.16 Å². The van der Waals surface area contributed by atoms with Crippen molar-refractivity contribution in [3.63, 3.8) is 0 Å². The molecular formula is C28H24ClN5O3S. The predicted molar refractivity (Wildman–Crippen MR) is 151 cm³/mol. The third kappa shape index (κ3) is 5.74. The van der Waals surface area contributed by atoms with Gasteiger partial charge in [-0.05, 0) is 41.8 Å². The number of carbonyl (C=O) groups is 2. The molecule has 0 bridgehead atoms. The number of H-pyrrole nitrogens is 1. The molecule has 0 atom stereocenters. The fourth-order valence-corrected chi connectivity index (χ4v) is 5.08. The summed E-state index contributed by atoms with van der Waals surface area (Å²) in [5, 5.41) is 5.05. The van der Waals surface area contributed by atoms with E-state index in [2.05, 4.69) is 20.7 Å². The number of rotatable bonds is 9. The van der Waals surface area contributed by atoms with E-state index in [1.165, 1.54) is 0 Å². The van der Waals surface area contributed by atoms with Gasteiger partial charge in [0.05, 0.1) is 16.7 Å². The maximum absolute atomic E-state index is 13.3. The van der Waals surface area contributed by atoms with Gasteiger partial charge in [-0.3, -0.25) is 19.8 Å². The molecule has 5 rings (SSSR count). The first-order valence-corrected chi connectivity index (χ1v) is 13.4. The van der Waals surface area contributed by atoms with Crippen LogP contribution in [0.3, 0.4) is 0 Å². The van der Waals surface area contributed by atoms with Crippen LogP contribution in [0.25, 0.3) is 21.8 Å². The van der Waals surface area contributed by atoms with Gasteiger partial charge in [-0.15, -0.1) is 0 Å². The zero-order valence-electron chi connectivity index (χ0n) is 20.2. The molecule has 0 unspecified atom stereocenters. The third-order valence-electron chi connectivity index (χ3n) is 6.04. The number of hydrogen-bond acceptors (Lipinski definition) is 5. The van der Waals surface area contributed by atoms with Gasteiger partial charge < -0.3 is 10.3 Å². The molecule has 2 heterocycles. The molecule has 0 saturated heterocycles. The Balaban J connectivity index is 1.30. The third-order valence-corrected chi connectivity index (χ3v) is 7.35. The largest absolute Gasteiger partial charge is 0.361 e. The molecule has 8 nitrogen and oxygen atoms in total. The van der Waals surface area contributed by atoms with Crippen molar-refractivity contribution in [2.24, 2.45) is 0 Å². The number of thioether (sulfide) groups is 1. The van der Waals surface area contributed by atoms with Crippen molar-refractivity contribution in [1.82, 2.24) is 20.0 Å². The minimum atomic E-state index is -0.407. The van der Waals surface area contributed by atoms with E-state index in [1.807, 2.05) is 48.7 Å². The van der Waals surface area contributed by atoms with Crippen molar-refractivity contribution >= 4 is 57.0 Å². The number of halogens is 1. The summed E-state index contributed by atoms with van der Waals surface area (Å²) in [6, 6.07) is 22.1. The van der Waals surface area contributed by atoms with E-state index < -0.39 is 5.56 Å². The van der Waals surface area contributed by atoms with E-state index in [4.69, 9.17) is 11.6 Å². The second kappa shape index (κ2) is 11.5. The SMILES string of the molecule is O=C(CSc1nc2ccccc2c(=O)n1NC(=O)CCc1c[nH]c2ccccc12)NCc1ccccc1Cl. The van der Waals surface area contributed by atoms with Crippen LogP contribution in [0, 0.1) is 0 Å². The second-order valence-electron chi connectivity index (χ2n) is 8.60. The highest BCUT2D eigenvalue weighted by atomic mass is 35.5. The maximum atomic E-state index is 13.3. The lowest BCUT2D eigenvalue weighted by atomic mass is 10.1. The number of aromatic amines is 1. The number of aryl methyl sites for hydroxylation is 1. The number of fused-ring (bicyclic) bond motifs is 2. The predicted octanol–water partition coefficient (Wildman–Crippen LogP) is 4.64. The highest BCUT2D eigenvalue weighted by molar-refractivity contribution is 7.99. The molecule has 0 saturated carbocycles. The van der Waals surface area contributed by atoms with Crippen LogP contribution in [-0.2, 0) is 22.6 Å². The zero-order chi connectivity index (χ0) is 26.5. The molecule has 0 radical (unpaired) electrons. The van der Waals surface area contributed by atoms with Crippen LogP contribution in [-0.4, -0.2) is 32.2 Å². The van der Waals surface area contributed by atoms with Crippen molar-refractivity contribution in [3.05, 3.63) is 105 Å². The van der Waals surface area contributed by atoms with Gasteiger partial charge in [0.25, 0.3) is 5.56 Å². The number of amides is 2. The molecule has 10 heteroatoms. The van der Waals surface area contributed by atoms with Crippen molar-refractivity contribution in [2.75, 3.05) is 11.2 Å². The van der Waals surface area contributed by atoms with Crippen LogP contribution in [0.2, 0.25) is 5.02 Å². The van der Waals surface area contributed by atoms with Crippen molar-refractivity contribution in [3.8, 4) is 0 Å². The summed E-state index contributed by atoms with van der Waals surface area (Å²) in [5.41, 5.74) is 5.60. The molecule has 0 aliphatic heterocycles. The Bertz CT molecular complexity index is 1700. The van der Waals surface area contributed by atoms with E-state index >= 15 is 0 Å². The van der Waals surface area contributed by atoms with E-state index in [9.17, 15) is 14.4 Å². The molecular weight excluding hydrogens is 522 g/mol. The lowest BCUT2D eigenvalue weighted by Crippen LogP contribution is -2.35. The molecule has 0 spiro atoms. The van der Waals surface area contributed by atoms with Crippen molar-refractivity contribution in [2.45, 2.75) is 24.5 Å². The molecule has 5 aromatic rings. The Kier molecular flexibility index (Phi) is 7.76. The summed E-state index contributed by atoms with van der Waals surface area (Å²) in [6.45, 7) is 0.279. The van der Waals surface area contributed by atoms with E-state index in [-0.39, 0.29) is 35.7 Å². The van der Waals surface area contributed by atoms with Gasteiger partial charge in [-0.25, -0.2) is 4.98 Å². The van der Waals surface area contributed by atoms with Crippen LogP contribution in [0.4, 0.5) is 0 Å². The highest BCUT2D eigenvalue weighted by Gasteiger charge is 2.16. The fraction of sp³-hybridized carbons (Fsp3) is 0.143. The average Bonchev–Trinajstić information content (AvgIpc) is 3.35. The Morgan fingerprint density at radius 2 is 1.66 bits per heavy atom. The monoisotopic (exact) mass is 545 g/mol. The number of aromatic nitrogens is 3. The summed E-state index contributed by atoms with van der Waals surface area (Å²) in [6.07, 6.45) is 2.56. The summed E-state index contributed by atoms with van der Waals surface area (Å²) < 4.78 is 1.13. The van der Waals surface area contributed by atoms with Gasteiger partial charge in [0.2, 0.25) is 11.8 Å². The molecule has 0 aliphatic rings. The normalized spacial score (nSPS) is 11.1. The first-order chi connectivity index (χ1) is 18.5. The van der Waals surface area contributed by atoms with E-state index in [0.29, 0.717) is 22.3 Å². The van der Waals surface area contributed by atoms with Gasteiger partial charge in [-0.2, -0.15) is 4.68 Å². The van der Waals surface area contributed by atoms with Crippen molar-refractivity contribution < 1.29 is 9.59 Å². The first-order valence-electron chi connectivity index (χ1n) is 12.0. The van der Waals surface area contributed by atoms with Crippen LogP contribution in [0.1, 0.15) is 17.5 Å². The van der Waals surface area contributed by atoms with Crippen LogP contribution >= 0.6 is 23.4 Å². The number of nitrogens with one attached hydrogen (secondary N) is 3. The Morgan fingerprint density at radius 1 is 0.921 bits per heavy atom. The Hall–Kier alpha value is -4.08. The second-order valence-corrected chi connectivity index (χ2v) is 9.95. The van der Waals surface area contributed by atoms with Gasteiger partial charge in [-0.1, -0.05) is 71.9 Å².